The molecule has 0 bridgehead atoms. The van der Waals surface area contributed by atoms with Gasteiger partial charge in [0.2, 0.25) is 0 Å². The molecule has 0 amide bonds. The number of aryl methyl sites for hydroxylation is 1. The van der Waals surface area contributed by atoms with Crippen molar-refractivity contribution in [3.05, 3.63) is 35.9 Å². The molecular formula is C16H22O2. The van der Waals surface area contributed by atoms with Crippen molar-refractivity contribution in [2.75, 3.05) is 6.61 Å². The molecular weight excluding hydrogens is 224 g/mol. The van der Waals surface area contributed by atoms with E-state index in [0.717, 1.165) is 25.9 Å². The molecule has 1 saturated heterocycles. The topological polar surface area (TPSA) is 26.3 Å². The van der Waals surface area contributed by atoms with Gasteiger partial charge in [0.15, 0.2) is 0 Å². The van der Waals surface area contributed by atoms with Crippen LogP contribution in [0.1, 0.15) is 44.1 Å². The van der Waals surface area contributed by atoms with Crippen LogP contribution in [0.2, 0.25) is 0 Å². The zero-order chi connectivity index (χ0) is 12.6. The van der Waals surface area contributed by atoms with Crippen molar-refractivity contribution in [2.24, 2.45) is 0 Å². The first kappa shape index (κ1) is 13.3. The number of carbonyl (C=O) groups excluding carboxylic acids is 1. The molecule has 0 aromatic heterocycles. The first-order valence-corrected chi connectivity index (χ1v) is 7.02. The Kier molecular flexibility index (Phi) is 5.40. The van der Waals surface area contributed by atoms with Gasteiger partial charge in [-0.2, -0.15) is 0 Å². The third-order valence-electron chi connectivity index (χ3n) is 3.55. The van der Waals surface area contributed by atoms with E-state index >= 15 is 0 Å². The summed E-state index contributed by atoms with van der Waals surface area (Å²) in [5.41, 5.74) is 1.25. The van der Waals surface area contributed by atoms with Gasteiger partial charge in [-0.05, 0) is 37.7 Å². The molecule has 1 unspecified atom stereocenters. The lowest BCUT2D eigenvalue weighted by atomic mass is 10.0. The summed E-state index contributed by atoms with van der Waals surface area (Å²) in [5, 5.41) is 0. The highest BCUT2D eigenvalue weighted by Gasteiger charge is 2.15. The summed E-state index contributed by atoms with van der Waals surface area (Å²) in [6, 6.07) is 10.2. The monoisotopic (exact) mass is 246 g/mol. The highest BCUT2D eigenvalue weighted by Crippen LogP contribution is 2.17. The summed E-state index contributed by atoms with van der Waals surface area (Å²) in [6.45, 7) is 0.878. The van der Waals surface area contributed by atoms with Crippen LogP contribution in [0.4, 0.5) is 0 Å². The highest BCUT2D eigenvalue weighted by atomic mass is 16.5. The maximum Gasteiger partial charge on any atom is 0.133 e. The second kappa shape index (κ2) is 7.32. The lowest BCUT2D eigenvalue weighted by molar-refractivity contribution is -0.120. The summed E-state index contributed by atoms with van der Waals surface area (Å²) < 4.78 is 5.64. The Balaban J connectivity index is 1.63. The smallest absolute Gasteiger partial charge is 0.133 e. The van der Waals surface area contributed by atoms with Gasteiger partial charge >= 0.3 is 0 Å². The van der Waals surface area contributed by atoms with E-state index in [-0.39, 0.29) is 0 Å². The van der Waals surface area contributed by atoms with Crippen molar-refractivity contribution in [1.82, 2.24) is 0 Å². The minimum Gasteiger partial charge on any atom is -0.378 e. The SMILES string of the molecule is O=C(CCc1ccccc1)CCC1CCCCO1. The van der Waals surface area contributed by atoms with Gasteiger partial charge in [0, 0.05) is 19.4 Å². The molecule has 0 saturated carbocycles. The lowest BCUT2D eigenvalue weighted by Gasteiger charge is -2.22. The van der Waals surface area contributed by atoms with Crippen LogP contribution in [0.25, 0.3) is 0 Å². The average molecular weight is 246 g/mol. The van der Waals surface area contributed by atoms with Gasteiger partial charge in [0.1, 0.15) is 5.78 Å². The number of carbonyl (C=O) groups is 1. The normalized spacial score (nSPS) is 19.7. The summed E-state index contributed by atoms with van der Waals surface area (Å²) in [7, 11) is 0. The second-order valence-electron chi connectivity index (χ2n) is 5.05. The van der Waals surface area contributed by atoms with Crippen LogP contribution >= 0.6 is 0 Å². The number of benzene rings is 1. The van der Waals surface area contributed by atoms with Gasteiger partial charge in [-0.15, -0.1) is 0 Å². The van der Waals surface area contributed by atoms with Crippen molar-refractivity contribution in [3.8, 4) is 0 Å². The zero-order valence-electron chi connectivity index (χ0n) is 10.9. The Labute approximate surface area is 109 Å². The number of ketones is 1. The zero-order valence-corrected chi connectivity index (χ0v) is 10.9. The van der Waals surface area contributed by atoms with Gasteiger partial charge in [-0.3, -0.25) is 4.79 Å². The highest BCUT2D eigenvalue weighted by molar-refractivity contribution is 5.78. The number of ether oxygens (including phenoxy) is 1. The summed E-state index contributed by atoms with van der Waals surface area (Å²) in [6.07, 6.45) is 7.01. The third kappa shape index (κ3) is 4.61. The van der Waals surface area contributed by atoms with E-state index in [0.29, 0.717) is 24.7 Å². The van der Waals surface area contributed by atoms with Crippen molar-refractivity contribution >= 4 is 5.78 Å². The molecule has 2 heteroatoms. The number of hydrogen-bond acceptors (Lipinski definition) is 2. The van der Waals surface area contributed by atoms with Crippen LogP contribution in [0, 0.1) is 0 Å². The molecule has 1 aliphatic heterocycles. The molecule has 1 fully saturated rings. The fourth-order valence-electron chi connectivity index (χ4n) is 2.41. The lowest BCUT2D eigenvalue weighted by Crippen LogP contribution is -2.20. The Bertz CT molecular complexity index is 353. The van der Waals surface area contributed by atoms with Gasteiger partial charge in [0.25, 0.3) is 0 Å². The molecule has 98 valence electrons. The quantitative estimate of drug-likeness (QED) is 0.767. The third-order valence-corrected chi connectivity index (χ3v) is 3.55. The van der Waals surface area contributed by atoms with Gasteiger partial charge in [-0.1, -0.05) is 30.3 Å². The van der Waals surface area contributed by atoms with Crippen LogP contribution in [0.3, 0.4) is 0 Å². The minimum atomic E-state index is 0.333. The fraction of sp³-hybridized carbons (Fsp3) is 0.562. The van der Waals surface area contributed by atoms with E-state index in [1.165, 1.54) is 18.4 Å². The minimum absolute atomic E-state index is 0.333. The number of Topliss-reactive ketones (excluding diaryl/α,β-unsaturated/α-hetero) is 1. The van der Waals surface area contributed by atoms with Crippen molar-refractivity contribution in [3.63, 3.8) is 0 Å². The van der Waals surface area contributed by atoms with Gasteiger partial charge in [0.05, 0.1) is 6.10 Å². The van der Waals surface area contributed by atoms with Crippen LogP contribution < -0.4 is 0 Å². The number of hydrogen-bond donors (Lipinski definition) is 0. The summed E-state index contributed by atoms with van der Waals surface area (Å²) >= 11 is 0. The van der Waals surface area contributed by atoms with Gasteiger partial charge < -0.3 is 4.74 Å². The van der Waals surface area contributed by atoms with E-state index in [2.05, 4.69) is 12.1 Å². The molecule has 1 aromatic rings. The summed E-state index contributed by atoms with van der Waals surface area (Å²) in [4.78, 5) is 11.8. The predicted molar refractivity (Wildman–Crippen MR) is 72.6 cm³/mol. The van der Waals surface area contributed by atoms with Crippen LogP contribution in [0.15, 0.2) is 30.3 Å². The molecule has 1 aliphatic rings. The Hall–Kier alpha value is -1.15. The average Bonchev–Trinajstić information content (AvgIpc) is 2.45. The fourth-order valence-corrected chi connectivity index (χ4v) is 2.41. The summed E-state index contributed by atoms with van der Waals surface area (Å²) in [5.74, 6) is 0.369. The van der Waals surface area contributed by atoms with Crippen molar-refractivity contribution in [1.29, 1.82) is 0 Å². The Morgan fingerprint density at radius 2 is 2.00 bits per heavy atom. The molecule has 2 nitrogen and oxygen atoms in total. The standard InChI is InChI=1S/C16H22O2/c17-15(10-9-14-6-2-1-3-7-14)11-12-16-8-4-5-13-18-16/h1-3,6-7,16H,4-5,8-13H2. The first-order valence-electron chi connectivity index (χ1n) is 7.02. The Morgan fingerprint density at radius 3 is 2.72 bits per heavy atom. The molecule has 1 atom stereocenters. The predicted octanol–water partition coefficient (Wildman–Crippen LogP) is 3.54. The van der Waals surface area contributed by atoms with E-state index in [1.54, 1.807) is 0 Å². The molecule has 0 N–H and O–H groups in total. The molecule has 1 heterocycles. The van der Waals surface area contributed by atoms with E-state index in [4.69, 9.17) is 4.74 Å². The first-order chi connectivity index (χ1) is 8.84. The van der Waals surface area contributed by atoms with E-state index in [1.807, 2.05) is 18.2 Å². The molecule has 0 spiro atoms. The van der Waals surface area contributed by atoms with E-state index in [9.17, 15) is 4.79 Å². The van der Waals surface area contributed by atoms with Crippen molar-refractivity contribution in [2.45, 2.75) is 51.0 Å². The van der Waals surface area contributed by atoms with Gasteiger partial charge in [-0.25, -0.2) is 0 Å². The van der Waals surface area contributed by atoms with Crippen LogP contribution in [-0.2, 0) is 16.0 Å². The maximum atomic E-state index is 11.8. The molecule has 1 aromatic carbocycles. The maximum absolute atomic E-state index is 11.8. The van der Waals surface area contributed by atoms with E-state index < -0.39 is 0 Å². The van der Waals surface area contributed by atoms with Crippen LogP contribution in [-0.4, -0.2) is 18.5 Å². The van der Waals surface area contributed by atoms with Crippen molar-refractivity contribution < 1.29 is 9.53 Å². The second-order valence-corrected chi connectivity index (χ2v) is 5.05. The Morgan fingerprint density at radius 1 is 1.17 bits per heavy atom. The van der Waals surface area contributed by atoms with Crippen LogP contribution in [0.5, 0.6) is 0 Å². The molecule has 0 aliphatic carbocycles. The molecule has 18 heavy (non-hydrogen) atoms. The molecule has 0 radical (unpaired) electrons. The number of rotatable bonds is 6. The molecule has 2 rings (SSSR count). The largest absolute Gasteiger partial charge is 0.378 e.